The maximum absolute atomic E-state index is 13.6. The van der Waals surface area contributed by atoms with Crippen LogP contribution in [0.3, 0.4) is 0 Å². The third kappa shape index (κ3) is 8.35. The number of nitrogens with zero attached hydrogens (tertiary/aromatic N) is 2. The van der Waals surface area contributed by atoms with E-state index in [9.17, 15) is 14.4 Å². The minimum atomic E-state index is -1.21. The molecule has 10 nitrogen and oxygen atoms in total. The number of rotatable bonds is 16. The molecule has 2 N–H and O–H groups in total. The van der Waals surface area contributed by atoms with Gasteiger partial charge >= 0.3 is 12.0 Å². The number of hydrogen-bond acceptors (Lipinski definition) is 7. The summed E-state index contributed by atoms with van der Waals surface area (Å²) in [7, 11) is 1.59. The molecule has 0 saturated heterocycles. The molecule has 2 aromatic carbocycles. The van der Waals surface area contributed by atoms with Crippen LogP contribution in [0.5, 0.6) is 11.5 Å². The molecule has 1 heterocycles. The van der Waals surface area contributed by atoms with Crippen molar-refractivity contribution < 1.29 is 28.6 Å². The minimum Gasteiger partial charge on any atom is -0.497 e. The molecule has 3 aromatic rings. The molecule has 1 aromatic heterocycles. The largest absolute Gasteiger partial charge is 0.497 e. The number of esters is 1. The molecule has 1 saturated carbocycles. The van der Waals surface area contributed by atoms with E-state index in [0.29, 0.717) is 35.6 Å². The lowest BCUT2D eigenvalue weighted by Crippen LogP contribution is -2.54. The second-order valence-electron chi connectivity index (χ2n) is 10.7. The lowest BCUT2D eigenvalue weighted by Gasteiger charge is -2.22. The van der Waals surface area contributed by atoms with Crippen molar-refractivity contribution in [1.82, 2.24) is 15.6 Å². The maximum atomic E-state index is 13.6. The maximum Gasteiger partial charge on any atom is 0.341 e. The van der Waals surface area contributed by atoms with Crippen LogP contribution in [0.2, 0.25) is 0 Å². The van der Waals surface area contributed by atoms with Crippen molar-refractivity contribution in [3.63, 3.8) is 0 Å². The van der Waals surface area contributed by atoms with E-state index >= 15 is 0 Å². The first-order chi connectivity index (χ1) is 21.8. The molecule has 0 radical (unpaired) electrons. The molecule has 3 amide bonds. The number of fused-ring (bicyclic) bond motifs is 1. The number of aliphatic imine (C=N–C) groups is 1. The fourth-order valence-electron chi connectivity index (χ4n) is 4.99. The summed E-state index contributed by atoms with van der Waals surface area (Å²) in [5.74, 6) is -0.127. The Hall–Kier alpha value is -4.99. The number of nitrogens with one attached hydrogen (secondary N) is 2. The number of amides is 3. The molecule has 0 spiro atoms. The fraction of sp³-hybridized carbons (Fsp3) is 0.343. The van der Waals surface area contributed by atoms with Gasteiger partial charge in [0.05, 0.1) is 31.5 Å². The second kappa shape index (κ2) is 15.7. The van der Waals surface area contributed by atoms with Crippen molar-refractivity contribution in [2.75, 3.05) is 20.3 Å². The van der Waals surface area contributed by atoms with E-state index in [-0.39, 0.29) is 25.6 Å². The van der Waals surface area contributed by atoms with Gasteiger partial charge in [0.1, 0.15) is 23.1 Å². The van der Waals surface area contributed by atoms with Crippen LogP contribution in [-0.2, 0) is 14.3 Å². The van der Waals surface area contributed by atoms with Crippen molar-refractivity contribution in [2.45, 2.75) is 50.6 Å². The Morgan fingerprint density at radius 1 is 1.13 bits per heavy atom. The van der Waals surface area contributed by atoms with E-state index < -0.39 is 29.5 Å². The SMILES string of the molecule is C=CCCCC=NC(=O)N[C@@H](CCOc1cc(-c2ccccc2)nc2cc(OC)ccc12)C(=O)N[C@]1(C(=O)OCC)C[C@H]1C=C. The lowest BCUT2D eigenvalue weighted by molar-refractivity contribution is -0.149. The number of urea groups is 1. The summed E-state index contributed by atoms with van der Waals surface area (Å²) in [6.07, 6.45) is 7.61. The van der Waals surface area contributed by atoms with Crippen LogP contribution in [0.1, 0.15) is 39.0 Å². The Balaban J connectivity index is 1.55. The molecule has 4 rings (SSSR count). The molecule has 236 valence electrons. The van der Waals surface area contributed by atoms with E-state index in [1.807, 2.05) is 54.6 Å². The van der Waals surface area contributed by atoms with Crippen LogP contribution in [0.25, 0.3) is 22.2 Å². The van der Waals surface area contributed by atoms with Gasteiger partial charge in [-0.1, -0.05) is 42.5 Å². The first-order valence-electron chi connectivity index (χ1n) is 15.1. The van der Waals surface area contributed by atoms with Gasteiger partial charge in [0.2, 0.25) is 5.91 Å². The summed E-state index contributed by atoms with van der Waals surface area (Å²) < 4.78 is 16.9. The van der Waals surface area contributed by atoms with Gasteiger partial charge in [0.15, 0.2) is 0 Å². The summed E-state index contributed by atoms with van der Waals surface area (Å²) in [4.78, 5) is 47.8. The van der Waals surface area contributed by atoms with Gasteiger partial charge in [-0.2, -0.15) is 0 Å². The highest BCUT2D eigenvalue weighted by atomic mass is 16.5. The summed E-state index contributed by atoms with van der Waals surface area (Å²) >= 11 is 0. The molecule has 1 aliphatic carbocycles. The van der Waals surface area contributed by atoms with Crippen molar-refractivity contribution in [1.29, 1.82) is 0 Å². The lowest BCUT2D eigenvalue weighted by atomic mass is 10.1. The Bertz CT molecular complexity index is 1560. The standard InChI is InChI=1S/C35H40N4O6/c1-5-8-9-13-19-36-34(42)38-28(32(40)39-35(23-25(35)6-2)33(41)44-7-3)18-20-45-31-22-29(24-14-11-10-12-15-24)37-30-21-26(43-4)16-17-27(30)31/h5-6,10-12,14-17,19,21-22,25,28H,1-2,7-9,13,18,20,23H2,3-4H3,(H,38,42)(H,39,40)/t25-,28+,35-/m1/s1. The number of aromatic nitrogens is 1. The average Bonchev–Trinajstić information content (AvgIpc) is 3.78. The monoisotopic (exact) mass is 612 g/mol. The summed E-state index contributed by atoms with van der Waals surface area (Å²) in [6.45, 7) is 9.41. The Morgan fingerprint density at radius 3 is 2.62 bits per heavy atom. The molecular formula is C35H40N4O6. The number of unbranched alkanes of at least 4 members (excludes halogenated alkanes) is 2. The molecule has 1 aliphatic rings. The summed E-state index contributed by atoms with van der Waals surface area (Å²) in [5.41, 5.74) is 1.09. The number of ether oxygens (including phenoxy) is 3. The quantitative estimate of drug-likeness (QED) is 0.0904. The van der Waals surface area contributed by atoms with Gasteiger partial charge in [-0.15, -0.1) is 13.2 Å². The first-order valence-corrected chi connectivity index (χ1v) is 15.1. The minimum absolute atomic E-state index is 0.0675. The topological polar surface area (TPSA) is 128 Å². The zero-order valence-corrected chi connectivity index (χ0v) is 25.8. The highest BCUT2D eigenvalue weighted by molar-refractivity contribution is 5.95. The highest BCUT2D eigenvalue weighted by Gasteiger charge is 2.61. The average molecular weight is 613 g/mol. The highest BCUT2D eigenvalue weighted by Crippen LogP contribution is 2.45. The predicted molar refractivity (Wildman–Crippen MR) is 175 cm³/mol. The number of benzene rings is 2. The van der Waals surface area contributed by atoms with Crippen LogP contribution >= 0.6 is 0 Å². The van der Waals surface area contributed by atoms with Gasteiger partial charge in [-0.25, -0.2) is 19.6 Å². The third-order valence-corrected chi connectivity index (χ3v) is 7.56. The molecule has 0 aliphatic heterocycles. The number of pyridine rings is 1. The van der Waals surface area contributed by atoms with Gasteiger partial charge in [0, 0.05) is 41.6 Å². The predicted octanol–water partition coefficient (Wildman–Crippen LogP) is 5.81. The normalized spacial score (nSPS) is 17.7. The third-order valence-electron chi connectivity index (χ3n) is 7.56. The Labute approximate surface area is 263 Å². The molecule has 0 bridgehead atoms. The van der Waals surface area contributed by atoms with E-state index in [1.165, 1.54) is 6.21 Å². The number of carbonyl (C=O) groups excluding carboxylic acids is 3. The van der Waals surface area contributed by atoms with Crippen LogP contribution in [0.15, 0.2) is 84.9 Å². The van der Waals surface area contributed by atoms with E-state index in [0.717, 1.165) is 23.8 Å². The summed E-state index contributed by atoms with van der Waals surface area (Å²) in [6, 6.07) is 15.4. The number of methoxy groups -OCH3 is 1. The molecule has 1 fully saturated rings. The zero-order chi connectivity index (χ0) is 32.2. The van der Waals surface area contributed by atoms with Gasteiger partial charge in [-0.3, -0.25) is 4.79 Å². The molecule has 45 heavy (non-hydrogen) atoms. The van der Waals surface area contributed by atoms with E-state index in [4.69, 9.17) is 19.2 Å². The fourth-order valence-corrected chi connectivity index (χ4v) is 4.99. The van der Waals surface area contributed by atoms with Crippen molar-refractivity contribution >= 4 is 35.0 Å². The van der Waals surface area contributed by atoms with Crippen molar-refractivity contribution in [3.05, 3.63) is 79.9 Å². The van der Waals surface area contributed by atoms with Crippen LogP contribution in [-0.4, -0.2) is 61.0 Å². The molecule has 10 heteroatoms. The van der Waals surface area contributed by atoms with Gasteiger partial charge in [0.25, 0.3) is 0 Å². The summed E-state index contributed by atoms with van der Waals surface area (Å²) in [5, 5.41) is 6.27. The first kappa shape index (κ1) is 32.9. The Morgan fingerprint density at radius 2 is 1.93 bits per heavy atom. The van der Waals surface area contributed by atoms with Crippen LogP contribution < -0.4 is 20.1 Å². The van der Waals surface area contributed by atoms with Crippen LogP contribution in [0, 0.1) is 5.92 Å². The van der Waals surface area contributed by atoms with Crippen molar-refractivity contribution in [2.24, 2.45) is 10.9 Å². The molecule has 3 atom stereocenters. The molecule has 0 unspecified atom stereocenters. The smallest absolute Gasteiger partial charge is 0.341 e. The van der Waals surface area contributed by atoms with Gasteiger partial charge < -0.3 is 24.8 Å². The Kier molecular flexibility index (Phi) is 11.4. The van der Waals surface area contributed by atoms with Crippen LogP contribution in [0.4, 0.5) is 4.79 Å². The van der Waals surface area contributed by atoms with Gasteiger partial charge in [-0.05, 0) is 44.7 Å². The van der Waals surface area contributed by atoms with Crippen molar-refractivity contribution in [3.8, 4) is 22.8 Å². The number of allylic oxidation sites excluding steroid dienone is 1. The van der Waals surface area contributed by atoms with E-state index in [2.05, 4.69) is 28.8 Å². The second-order valence-corrected chi connectivity index (χ2v) is 10.7. The number of carbonyl (C=O) groups is 3. The zero-order valence-electron chi connectivity index (χ0n) is 25.8. The number of hydrogen-bond donors (Lipinski definition) is 2. The molecular weight excluding hydrogens is 572 g/mol. The van der Waals surface area contributed by atoms with E-state index in [1.54, 1.807) is 26.2 Å².